The fourth-order valence-corrected chi connectivity index (χ4v) is 10.7. The first-order valence-electron chi connectivity index (χ1n) is 25.3. The number of aromatic hydroxyl groups is 1. The fourth-order valence-electron chi connectivity index (χ4n) is 8.40. The van der Waals surface area contributed by atoms with Crippen molar-refractivity contribution in [2.75, 3.05) is 18.1 Å². The number of para-hydroxylation sites is 1. The highest BCUT2D eigenvalue weighted by Crippen LogP contribution is 2.25. The van der Waals surface area contributed by atoms with E-state index in [9.17, 15) is 58.8 Å². The maximum Gasteiger partial charge on any atom is 0.328 e. The summed E-state index contributed by atoms with van der Waals surface area (Å²) in [7, 11) is 1.92. The van der Waals surface area contributed by atoms with Crippen LogP contribution in [0.1, 0.15) is 70.6 Å². The molecule has 77 heavy (non-hydrogen) atoms. The van der Waals surface area contributed by atoms with Gasteiger partial charge in [0.1, 0.15) is 42.0 Å². The smallest absolute Gasteiger partial charge is 0.328 e. The van der Waals surface area contributed by atoms with E-state index >= 15 is 0 Å². The number of nitrogens with two attached hydrogens (primary N) is 1. The summed E-state index contributed by atoms with van der Waals surface area (Å²) in [6.45, 7) is 8.21. The van der Waals surface area contributed by atoms with E-state index in [1.807, 2.05) is 69.3 Å². The van der Waals surface area contributed by atoms with Gasteiger partial charge in [-0.3, -0.25) is 33.6 Å². The number of rotatable bonds is 18. The van der Waals surface area contributed by atoms with Crippen LogP contribution in [-0.2, 0) is 57.6 Å². The zero-order valence-electron chi connectivity index (χ0n) is 43.7. The lowest BCUT2D eigenvalue weighted by atomic mass is 10.00. The molecule has 0 unspecified atom stereocenters. The van der Waals surface area contributed by atoms with Crippen molar-refractivity contribution in [3.8, 4) is 5.75 Å². The Kier molecular flexibility index (Phi) is 23.2. The number of H-pyrrole nitrogens is 1. The van der Waals surface area contributed by atoms with Crippen molar-refractivity contribution in [2.45, 2.75) is 139 Å². The van der Waals surface area contributed by atoms with Gasteiger partial charge in [-0.25, -0.2) is 4.79 Å². The number of phenols is 1. The van der Waals surface area contributed by atoms with Crippen LogP contribution in [0.5, 0.6) is 5.75 Å². The van der Waals surface area contributed by atoms with Crippen LogP contribution in [0.15, 0.2) is 85.1 Å². The zero-order valence-corrected chi connectivity index (χ0v) is 45.3. The Morgan fingerprint density at radius 2 is 1.34 bits per heavy atom. The Labute approximate surface area is 454 Å². The predicted molar refractivity (Wildman–Crippen MR) is 293 cm³/mol. The maximum atomic E-state index is 14.9. The summed E-state index contributed by atoms with van der Waals surface area (Å²) in [4.78, 5) is 117. The SMILES string of the molecule is C[C@@H](O)[C@H](NC(=O)[C@@H]1CSSC[C@H](NC(=O)[C@@H](Cc2ccccc2)NC(C)(C)C)C(=O)N[C@@H](Cc2ccc(O)cc2)C(=O)N[C@H](Cc2c[nH]c3ccccc23)C(=O)N[C@@H](CCCCN)C(=O)N[C@@H]([C@@H](C)O)C(=O)N1)C(=O)O. The second kappa shape index (κ2) is 29.2. The number of fused-ring (bicyclic) bond motifs is 1. The molecular weight excluding hydrogens is 1030 g/mol. The molecule has 1 aliphatic rings. The predicted octanol–water partition coefficient (Wildman–Crippen LogP) is 0.422. The number of amides is 7. The first-order valence-corrected chi connectivity index (χ1v) is 27.8. The Hall–Kier alpha value is -6.70. The fraction of sp³-hybridized carbons (Fsp3) is 0.472. The van der Waals surface area contributed by atoms with Crippen molar-refractivity contribution in [3.05, 3.63) is 102 Å². The second-order valence-electron chi connectivity index (χ2n) is 20.0. The lowest BCUT2D eigenvalue weighted by molar-refractivity contribution is -0.145. The molecule has 1 saturated heterocycles. The number of phenolic OH excluding ortho intramolecular Hbond substituents is 1. The van der Waals surface area contributed by atoms with Gasteiger partial charge in [0.05, 0.1) is 18.2 Å². The van der Waals surface area contributed by atoms with Crippen LogP contribution in [0.25, 0.3) is 10.9 Å². The number of carboxylic acids is 1. The van der Waals surface area contributed by atoms with Crippen LogP contribution in [-0.4, -0.2) is 157 Å². The highest BCUT2D eigenvalue weighted by atomic mass is 33.1. The molecular formula is C53H72N10O12S2. The van der Waals surface area contributed by atoms with Crippen LogP contribution in [0.4, 0.5) is 0 Å². The van der Waals surface area contributed by atoms with Crippen molar-refractivity contribution in [3.63, 3.8) is 0 Å². The van der Waals surface area contributed by atoms with Crippen LogP contribution in [0, 0.1) is 0 Å². The third-order valence-electron chi connectivity index (χ3n) is 12.5. The quantitative estimate of drug-likeness (QED) is 0.0474. The van der Waals surface area contributed by atoms with Gasteiger partial charge in [0.2, 0.25) is 41.4 Å². The van der Waals surface area contributed by atoms with Gasteiger partial charge in [-0.05, 0) is 102 Å². The van der Waals surface area contributed by atoms with E-state index in [0.717, 1.165) is 45.0 Å². The first kappa shape index (κ1) is 61.2. The van der Waals surface area contributed by atoms with E-state index in [4.69, 9.17) is 5.73 Å². The molecule has 0 radical (unpaired) electrons. The number of aliphatic hydroxyl groups is 2. The summed E-state index contributed by atoms with van der Waals surface area (Å²) in [5.41, 5.74) is 7.87. The summed E-state index contributed by atoms with van der Waals surface area (Å²) >= 11 is 0. The van der Waals surface area contributed by atoms with E-state index in [-0.39, 0.29) is 49.5 Å². The van der Waals surface area contributed by atoms with Crippen molar-refractivity contribution < 1.29 is 58.8 Å². The molecule has 0 saturated carbocycles. The molecule has 4 aromatic rings. The number of benzene rings is 3. The van der Waals surface area contributed by atoms with Gasteiger partial charge < -0.3 is 73.7 Å². The van der Waals surface area contributed by atoms with Gasteiger partial charge in [0.15, 0.2) is 6.04 Å². The Bertz CT molecular complexity index is 2650. The molecule has 15 N–H and O–H groups in total. The Morgan fingerprint density at radius 1 is 0.727 bits per heavy atom. The van der Waals surface area contributed by atoms with Crippen molar-refractivity contribution >= 4 is 79.8 Å². The molecule has 1 fully saturated rings. The number of unbranched alkanes of at least 4 members (excludes halogenated alkanes) is 1. The van der Waals surface area contributed by atoms with E-state index in [1.54, 1.807) is 24.4 Å². The van der Waals surface area contributed by atoms with Crippen molar-refractivity contribution in [2.24, 2.45) is 5.73 Å². The Morgan fingerprint density at radius 3 is 1.97 bits per heavy atom. The third kappa shape index (κ3) is 19.1. The average molecular weight is 1110 g/mol. The van der Waals surface area contributed by atoms with Gasteiger partial charge in [0.25, 0.3) is 0 Å². The lowest BCUT2D eigenvalue weighted by Crippen LogP contribution is -2.62. The summed E-state index contributed by atoms with van der Waals surface area (Å²) in [6.07, 6.45) is -0.881. The lowest BCUT2D eigenvalue weighted by Gasteiger charge is -2.30. The largest absolute Gasteiger partial charge is 0.508 e. The molecule has 1 aromatic heterocycles. The minimum absolute atomic E-state index is 0.0182. The minimum Gasteiger partial charge on any atom is -0.508 e. The van der Waals surface area contributed by atoms with Crippen molar-refractivity contribution in [1.82, 2.24) is 47.5 Å². The number of aliphatic hydroxyl groups excluding tert-OH is 2. The minimum atomic E-state index is -1.82. The molecule has 7 amide bonds. The van der Waals surface area contributed by atoms with Gasteiger partial charge in [-0.2, -0.15) is 0 Å². The number of carboxylic acid groups (broad SMARTS) is 1. The molecule has 0 spiro atoms. The molecule has 0 bridgehead atoms. The monoisotopic (exact) mass is 1100 g/mol. The zero-order chi connectivity index (χ0) is 56.4. The molecule has 1 aliphatic heterocycles. The third-order valence-corrected chi connectivity index (χ3v) is 14.9. The molecule has 3 aromatic carbocycles. The van der Waals surface area contributed by atoms with Gasteiger partial charge in [-0.1, -0.05) is 82.3 Å². The first-order chi connectivity index (χ1) is 36.5. The van der Waals surface area contributed by atoms with Crippen molar-refractivity contribution in [1.29, 1.82) is 0 Å². The van der Waals surface area contributed by atoms with Crippen LogP contribution in [0.2, 0.25) is 0 Å². The number of aromatic amines is 1. The molecule has 24 heteroatoms. The molecule has 2 heterocycles. The molecule has 0 aliphatic carbocycles. The number of nitrogens with one attached hydrogen (secondary N) is 9. The van der Waals surface area contributed by atoms with Crippen LogP contribution >= 0.6 is 21.6 Å². The topological polar surface area (TPSA) is 356 Å². The second-order valence-corrected chi connectivity index (χ2v) is 22.6. The van der Waals surface area contributed by atoms with Gasteiger partial charge >= 0.3 is 5.97 Å². The number of carbonyl (C=O) groups is 8. The number of carbonyl (C=O) groups excluding carboxylic acids is 7. The summed E-state index contributed by atoms with van der Waals surface area (Å²) in [5, 5.41) is 63.6. The van der Waals surface area contributed by atoms with Gasteiger partial charge in [0, 0.05) is 47.0 Å². The molecule has 418 valence electrons. The standard InChI is InChI=1S/C53H72N10O12S2/c1-29(64)43-51(73)60-42(50(72)62-44(30(2)65)52(74)75)28-77-76-27-41(59-48(70)40(63-53(3,4)5)24-31-13-7-6-8-14-31)49(71)57-38(23-32-18-20-34(66)21-19-32)46(68)58-39(25-33-26-55-36-16-10-9-15-35(33)36)47(69)56-37(45(67)61-43)17-11-12-22-54/h6-10,13-16,18-21,26,29-30,37-44,55,63-66H,11-12,17,22-25,27-28,54H2,1-5H3,(H,56,69)(H,57,71)(H,58,68)(H,59,70)(H,60,73)(H,61,67)(H,62,72)(H,74,75)/t29-,30-,37+,38+,39-,40-,41+,42+,43+,44+/m1/s1. The molecule has 10 atom stereocenters. The highest BCUT2D eigenvalue weighted by molar-refractivity contribution is 8.76. The molecule has 5 rings (SSSR count). The summed E-state index contributed by atoms with van der Waals surface area (Å²) in [6, 6.07) is 10.7. The van der Waals surface area contributed by atoms with Crippen LogP contribution in [0.3, 0.4) is 0 Å². The van der Waals surface area contributed by atoms with E-state index in [0.29, 0.717) is 24.0 Å². The van der Waals surface area contributed by atoms with E-state index in [2.05, 4.69) is 47.5 Å². The number of aromatic nitrogens is 1. The van der Waals surface area contributed by atoms with Crippen LogP contribution < -0.4 is 48.3 Å². The summed E-state index contributed by atoms with van der Waals surface area (Å²) < 4.78 is 0. The highest BCUT2D eigenvalue weighted by Gasteiger charge is 2.37. The molecule has 22 nitrogen and oxygen atoms in total. The Balaban J connectivity index is 1.62. The average Bonchev–Trinajstić information content (AvgIpc) is 3.78. The summed E-state index contributed by atoms with van der Waals surface area (Å²) in [5.74, 6) is -8.31. The maximum absolute atomic E-state index is 14.9. The number of aliphatic carboxylic acids is 1. The van der Waals surface area contributed by atoms with E-state index in [1.165, 1.54) is 19.1 Å². The number of hydrogen-bond donors (Lipinski definition) is 14. The number of hydrogen-bond acceptors (Lipinski definition) is 15. The normalized spacial score (nSPS) is 22.2. The van der Waals surface area contributed by atoms with Gasteiger partial charge in [-0.15, -0.1) is 0 Å². The van der Waals surface area contributed by atoms with E-state index < -0.39 is 113 Å².